The monoisotopic (exact) mass is 486 g/mol. The van der Waals surface area contributed by atoms with Crippen LogP contribution in [0.15, 0.2) is 48.8 Å². The quantitative estimate of drug-likeness (QED) is 0.428. The number of likely N-dealkylation sites (tertiary alicyclic amines) is 1. The molecule has 0 bridgehead atoms. The van der Waals surface area contributed by atoms with Gasteiger partial charge in [0.1, 0.15) is 11.5 Å². The van der Waals surface area contributed by atoms with Crippen molar-refractivity contribution in [2.75, 3.05) is 19.6 Å². The van der Waals surface area contributed by atoms with E-state index in [9.17, 15) is 9.18 Å². The molecule has 2 amide bonds. The van der Waals surface area contributed by atoms with Crippen molar-refractivity contribution >= 4 is 17.1 Å². The van der Waals surface area contributed by atoms with Gasteiger partial charge in [-0.15, -0.1) is 0 Å². The topological polar surface area (TPSA) is 78.8 Å². The first-order valence-corrected chi connectivity index (χ1v) is 12.7. The zero-order chi connectivity index (χ0) is 25.1. The first-order chi connectivity index (χ1) is 17.3. The van der Waals surface area contributed by atoms with Crippen molar-refractivity contribution in [3.05, 3.63) is 71.4 Å². The fourth-order valence-electron chi connectivity index (χ4n) is 6.10. The fraction of sp³-hybridized carbons (Fsp3) is 0.393. The molecule has 1 aromatic carbocycles. The third-order valence-corrected chi connectivity index (χ3v) is 8.14. The van der Waals surface area contributed by atoms with Crippen LogP contribution in [0.25, 0.3) is 22.3 Å². The molecular formula is C28H31FN6O. The van der Waals surface area contributed by atoms with E-state index < -0.39 is 5.41 Å². The lowest BCUT2D eigenvalue weighted by Crippen LogP contribution is -2.40. The molecule has 1 spiro atoms. The van der Waals surface area contributed by atoms with Crippen LogP contribution < -0.4 is 5.32 Å². The minimum atomic E-state index is -0.545. The fourth-order valence-corrected chi connectivity index (χ4v) is 6.10. The Balaban J connectivity index is 1.35. The van der Waals surface area contributed by atoms with Crippen molar-refractivity contribution in [3.63, 3.8) is 0 Å². The molecule has 8 heteroatoms. The molecule has 4 aromatic rings. The number of carbonyl (C=O) groups is 1. The summed E-state index contributed by atoms with van der Waals surface area (Å²) < 4.78 is 16.8. The van der Waals surface area contributed by atoms with Gasteiger partial charge >= 0.3 is 6.03 Å². The number of amides is 2. The molecule has 6 rings (SSSR count). The van der Waals surface area contributed by atoms with Crippen LogP contribution in [0.1, 0.15) is 50.4 Å². The normalized spacial score (nSPS) is 19.4. The molecule has 1 atom stereocenters. The highest BCUT2D eigenvalue weighted by Gasteiger charge is 2.46. The van der Waals surface area contributed by atoms with E-state index in [2.05, 4.69) is 32.1 Å². The van der Waals surface area contributed by atoms with E-state index in [1.54, 1.807) is 6.07 Å². The second-order valence-corrected chi connectivity index (χ2v) is 10.6. The number of carbonyl (C=O) groups excluding carboxylic acids is 1. The molecule has 2 aliphatic rings. The highest BCUT2D eigenvalue weighted by Crippen LogP contribution is 2.44. The van der Waals surface area contributed by atoms with Crippen molar-refractivity contribution in [1.29, 1.82) is 0 Å². The van der Waals surface area contributed by atoms with Crippen LogP contribution in [0, 0.1) is 5.82 Å². The molecule has 2 aliphatic heterocycles. The summed E-state index contributed by atoms with van der Waals surface area (Å²) in [6, 6.07) is 11.2. The SMILES string of the molecule is CCNC(=O)N1CCC2(CCn3nc(-c4cnc5[nH]cc(C(C)(C)c6ccccc6F)c5c4)cc32)C1. The number of pyridine rings is 1. The smallest absolute Gasteiger partial charge is 0.317 e. The number of aromatic nitrogens is 4. The second kappa shape index (κ2) is 8.18. The first-order valence-electron chi connectivity index (χ1n) is 12.7. The first kappa shape index (κ1) is 22.8. The number of hydrogen-bond acceptors (Lipinski definition) is 3. The molecule has 3 aromatic heterocycles. The van der Waals surface area contributed by atoms with Gasteiger partial charge in [-0.25, -0.2) is 14.2 Å². The average Bonchev–Trinajstić information content (AvgIpc) is 3.64. The Morgan fingerprint density at radius 3 is 2.81 bits per heavy atom. The number of hydrogen-bond donors (Lipinski definition) is 2. The van der Waals surface area contributed by atoms with Gasteiger partial charge in [0.2, 0.25) is 0 Å². The van der Waals surface area contributed by atoms with Crippen LogP contribution in [-0.4, -0.2) is 50.3 Å². The van der Waals surface area contributed by atoms with Gasteiger partial charge in [0.25, 0.3) is 0 Å². The van der Waals surface area contributed by atoms with Crippen molar-refractivity contribution in [1.82, 2.24) is 30.0 Å². The van der Waals surface area contributed by atoms with E-state index in [-0.39, 0.29) is 17.3 Å². The molecule has 0 aliphatic carbocycles. The van der Waals surface area contributed by atoms with Crippen molar-refractivity contribution in [2.45, 2.75) is 51.0 Å². The van der Waals surface area contributed by atoms with E-state index >= 15 is 0 Å². The highest BCUT2D eigenvalue weighted by molar-refractivity contribution is 5.85. The van der Waals surface area contributed by atoms with Gasteiger partial charge in [0, 0.05) is 66.0 Å². The van der Waals surface area contributed by atoms with E-state index in [0.29, 0.717) is 12.1 Å². The summed E-state index contributed by atoms with van der Waals surface area (Å²) >= 11 is 0. The van der Waals surface area contributed by atoms with E-state index in [1.165, 1.54) is 11.8 Å². The van der Waals surface area contributed by atoms with Crippen molar-refractivity contribution in [3.8, 4) is 11.3 Å². The number of aryl methyl sites for hydroxylation is 1. The molecule has 1 unspecified atom stereocenters. The van der Waals surface area contributed by atoms with Crippen LogP contribution in [0.2, 0.25) is 0 Å². The maximum absolute atomic E-state index is 14.7. The minimum absolute atomic E-state index is 0.0136. The zero-order valence-corrected chi connectivity index (χ0v) is 20.9. The van der Waals surface area contributed by atoms with Crippen LogP contribution in [-0.2, 0) is 17.4 Å². The van der Waals surface area contributed by atoms with Crippen LogP contribution in [0.4, 0.5) is 9.18 Å². The summed E-state index contributed by atoms with van der Waals surface area (Å²) in [6.07, 6.45) is 5.73. The Labute approximate surface area is 209 Å². The predicted molar refractivity (Wildman–Crippen MR) is 137 cm³/mol. The summed E-state index contributed by atoms with van der Waals surface area (Å²) in [6.45, 7) is 8.99. The third kappa shape index (κ3) is 3.42. The lowest BCUT2D eigenvalue weighted by atomic mass is 9.78. The van der Waals surface area contributed by atoms with Gasteiger partial charge in [-0.2, -0.15) is 5.10 Å². The number of rotatable bonds is 4. The maximum atomic E-state index is 14.7. The summed E-state index contributed by atoms with van der Waals surface area (Å²) in [5.74, 6) is -0.213. The number of urea groups is 1. The molecule has 186 valence electrons. The van der Waals surface area contributed by atoms with Gasteiger partial charge in [0.05, 0.1) is 5.69 Å². The lowest BCUT2D eigenvalue weighted by molar-refractivity contribution is 0.206. The van der Waals surface area contributed by atoms with Gasteiger partial charge in [-0.1, -0.05) is 32.0 Å². The molecule has 0 saturated carbocycles. The number of benzene rings is 1. The molecule has 1 fully saturated rings. The number of halogens is 1. The standard InChI is InChI=1S/C28H31FN6O/c1-4-30-26(36)34-11-9-28(17-34)10-12-35-24(28)14-23(33-35)18-13-19-21(16-32-25(19)31-15-18)27(2,3)20-7-5-6-8-22(20)29/h5-8,13-16H,4,9-12,17H2,1-3H3,(H,30,36)(H,31,32). The Morgan fingerprint density at radius 1 is 1.19 bits per heavy atom. The Bertz CT molecular complexity index is 1470. The van der Waals surface area contributed by atoms with Gasteiger partial charge in [-0.05, 0) is 49.1 Å². The number of fused-ring (bicyclic) bond motifs is 3. The third-order valence-electron chi connectivity index (χ3n) is 8.14. The Hall–Kier alpha value is -3.68. The number of nitrogens with one attached hydrogen (secondary N) is 2. The minimum Gasteiger partial charge on any atom is -0.346 e. The summed E-state index contributed by atoms with van der Waals surface area (Å²) in [5, 5.41) is 8.82. The maximum Gasteiger partial charge on any atom is 0.317 e. The number of H-pyrrole nitrogens is 1. The highest BCUT2D eigenvalue weighted by atomic mass is 19.1. The Kier molecular flexibility index (Phi) is 5.17. The van der Waals surface area contributed by atoms with Crippen molar-refractivity contribution < 1.29 is 9.18 Å². The summed E-state index contributed by atoms with van der Waals surface area (Å²) in [7, 11) is 0. The predicted octanol–water partition coefficient (Wildman–Crippen LogP) is 4.97. The second-order valence-electron chi connectivity index (χ2n) is 10.6. The molecular weight excluding hydrogens is 455 g/mol. The number of aromatic amines is 1. The largest absolute Gasteiger partial charge is 0.346 e. The van der Waals surface area contributed by atoms with E-state index in [0.717, 1.165) is 60.3 Å². The summed E-state index contributed by atoms with van der Waals surface area (Å²) in [5.41, 5.74) is 4.84. The van der Waals surface area contributed by atoms with Gasteiger partial charge < -0.3 is 15.2 Å². The van der Waals surface area contributed by atoms with Gasteiger partial charge in [-0.3, -0.25) is 4.68 Å². The van der Waals surface area contributed by atoms with Crippen LogP contribution in [0.5, 0.6) is 0 Å². The molecule has 2 N–H and O–H groups in total. The van der Waals surface area contributed by atoms with E-state index in [4.69, 9.17) is 5.10 Å². The van der Waals surface area contributed by atoms with Gasteiger partial charge in [0.15, 0.2) is 0 Å². The van der Waals surface area contributed by atoms with Crippen LogP contribution >= 0.6 is 0 Å². The molecule has 7 nitrogen and oxygen atoms in total. The van der Waals surface area contributed by atoms with E-state index in [1.807, 2.05) is 50.2 Å². The zero-order valence-electron chi connectivity index (χ0n) is 20.9. The molecule has 0 radical (unpaired) electrons. The van der Waals surface area contributed by atoms with Crippen molar-refractivity contribution in [2.24, 2.45) is 0 Å². The molecule has 5 heterocycles. The summed E-state index contributed by atoms with van der Waals surface area (Å²) in [4.78, 5) is 22.3. The molecule has 36 heavy (non-hydrogen) atoms. The number of nitrogens with zero attached hydrogens (tertiary/aromatic N) is 4. The van der Waals surface area contributed by atoms with Crippen LogP contribution in [0.3, 0.4) is 0 Å². The molecule has 1 saturated heterocycles. The Morgan fingerprint density at radius 2 is 2.00 bits per heavy atom. The average molecular weight is 487 g/mol. The lowest BCUT2D eigenvalue weighted by Gasteiger charge is -2.25.